The van der Waals surface area contributed by atoms with Crippen LogP contribution in [0.1, 0.15) is 17.0 Å². The molecule has 0 bridgehead atoms. The Labute approximate surface area is 110 Å². The minimum Gasteiger partial charge on any atom is -0.481 e. The number of carboxylic acid groups (broad SMARTS) is 1. The fraction of sp³-hybridized carbons (Fsp3) is 0.0625. The molecular weight excluding hydrogens is 238 g/mol. The van der Waals surface area contributed by atoms with Gasteiger partial charge in [0.05, 0.1) is 0 Å². The van der Waals surface area contributed by atoms with Gasteiger partial charge in [0.2, 0.25) is 0 Å². The van der Waals surface area contributed by atoms with Gasteiger partial charge in [-0.3, -0.25) is 4.79 Å². The normalized spacial score (nSPS) is 12.4. The predicted octanol–water partition coefficient (Wildman–Crippen LogP) is 3.38. The lowest BCUT2D eigenvalue weighted by molar-refractivity contribution is -0.137. The predicted molar refractivity (Wildman–Crippen MR) is 74.2 cm³/mol. The van der Waals surface area contributed by atoms with E-state index in [1.54, 1.807) is 6.20 Å². The topological polar surface area (TPSA) is 53.1 Å². The van der Waals surface area contributed by atoms with Crippen LogP contribution >= 0.6 is 0 Å². The van der Waals surface area contributed by atoms with Crippen molar-refractivity contribution in [3.63, 3.8) is 0 Å². The lowest BCUT2D eigenvalue weighted by atomic mass is 9.91. The molecule has 0 saturated carbocycles. The Morgan fingerprint density at radius 2 is 1.68 bits per heavy atom. The standard InChI is InChI=1S/C16H13NO2/c18-16(19)15(11-6-2-1-3-7-11)13-10-17-14-9-5-4-8-12(13)14/h1-10,15,17H,(H,18,19). The van der Waals surface area contributed by atoms with Gasteiger partial charge in [0.25, 0.3) is 0 Å². The Morgan fingerprint density at radius 3 is 2.42 bits per heavy atom. The van der Waals surface area contributed by atoms with Crippen molar-refractivity contribution in [3.05, 3.63) is 71.9 Å². The fourth-order valence-corrected chi connectivity index (χ4v) is 2.43. The van der Waals surface area contributed by atoms with E-state index in [1.165, 1.54) is 0 Å². The van der Waals surface area contributed by atoms with Crippen molar-refractivity contribution in [2.45, 2.75) is 5.92 Å². The van der Waals surface area contributed by atoms with Gasteiger partial charge in [-0.15, -0.1) is 0 Å². The summed E-state index contributed by atoms with van der Waals surface area (Å²) in [4.78, 5) is 14.8. The van der Waals surface area contributed by atoms with E-state index in [9.17, 15) is 9.90 Å². The molecule has 0 fully saturated rings. The molecule has 0 radical (unpaired) electrons. The smallest absolute Gasteiger partial charge is 0.315 e. The second kappa shape index (κ2) is 4.61. The van der Waals surface area contributed by atoms with Crippen LogP contribution in [0, 0.1) is 0 Å². The maximum absolute atomic E-state index is 11.6. The number of hydrogen-bond acceptors (Lipinski definition) is 1. The average molecular weight is 251 g/mol. The van der Waals surface area contributed by atoms with Gasteiger partial charge in [0.15, 0.2) is 0 Å². The number of hydrogen-bond donors (Lipinski definition) is 2. The van der Waals surface area contributed by atoms with Gasteiger partial charge >= 0.3 is 5.97 Å². The van der Waals surface area contributed by atoms with Crippen molar-refractivity contribution in [2.75, 3.05) is 0 Å². The van der Waals surface area contributed by atoms with Crippen LogP contribution in [0.3, 0.4) is 0 Å². The molecule has 0 aliphatic heterocycles. The molecule has 1 unspecified atom stereocenters. The van der Waals surface area contributed by atoms with Gasteiger partial charge in [-0.1, -0.05) is 48.5 Å². The summed E-state index contributed by atoms with van der Waals surface area (Å²) in [5.74, 6) is -1.48. The lowest BCUT2D eigenvalue weighted by Crippen LogP contribution is -2.12. The van der Waals surface area contributed by atoms with E-state index in [0.717, 1.165) is 22.0 Å². The van der Waals surface area contributed by atoms with E-state index in [0.29, 0.717) is 0 Å². The van der Waals surface area contributed by atoms with E-state index in [4.69, 9.17) is 0 Å². The van der Waals surface area contributed by atoms with Crippen LogP contribution in [0.4, 0.5) is 0 Å². The zero-order valence-electron chi connectivity index (χ0n) is 10.2. The largest absolute Gasteiger partial charge is 0.481 e. The molecule has 3 heteroatoms. The number of carboxylic acids is 1. The third-order valence-electron chi connectivity index (χ3n) is 3.31. The number of aromatic amines is 1. The Hall–Kier alpha value is -2.55. The third-order valence-corrected chi connectivity index (χ3v) is 3.31. The summed E-state index contributed by atoms with van der Waals surface area (Å²) in [7, 11) is 0. The number of carbonyl (C=O) groups is 1. The Morgan fingerprint density at radius 1 is 1.00 bits per heavy atom. The first-order valence-corrected chi connectivity index (χ1v) is 6.11. The van der Waals surface area contributed by atoms with E-state index >= 15 is 0 Å². The van der Waals surface area contributed by atoms with Gasteiger partial charge < -0.3 is 10.1 Å². The maximum Gasteiger partial charge on any atom is 0.315 e. The molecule has 0 aliphatic rings. The van der Waals surface area contributed by atoms with Gasteiger partial charge in [-0.05, 0) is 17.2 Å². The molecule has 2 aromatic carbocycles. The molecule has 3 aromatic rings. The van der Waals surface area contributed by atoms with Crippen molar-refractivity contribution in [1.29, 1.82) is 0 Å². The van der Waals surface area contributed by atoms with Crippen LogP contribution in [0.25, 0.3) is 10.9 Å². The summed E-state index contributed by atoms with van der Waals surface area (Å²) in [6.45, 7) is 0. The Balaban J connectivity index is 2.18. The van der Waals surface area contributed by atoms with E-state index in [1.807, 2.05) is 54.6 Å². The van der Waals surface area contributed by atoms with Gasteiger partial charge in [0.1, 0.15) is 5.92 Å². The molecule has 1 heterocycles. The minimum atomic E-state index is -0.837. The summed E-state index contributed by atoms with van der Waals surface area (Å²) in [6, 6.07) is 17.0. The quantitative estimate of drug-likeness (QED) is 0.749. The molecule has 1 atom stereocenters. The highest BCUT2D eigenvalue weighted by molar-refractivity contribution is 5.91. The number of para-hydroxylation sites is 1. The van der Waals surface area contributed by atoms with Crippen LogP contribution in [0.5, 0.6) is 0 Å². The van der Waals surface area contributed by atoms with E-state index in [2.05, 4.69) is 4.98 Å². The Kier molecular flexibility index (Phi) is 2.80. The SMILES string of the molecule is O=C(O)C(c1ccccc1)c1c[nH]c2ccccc12. The average Bonchev–Trinajstić information content (AvgIpc) is 2.84. The summed E-state index contributed by atoms with van der Waals surface area (Å²) >= 11 is 0. The number of benzene rings is 2. The number of nitrogens with one attached hydrogen (secondary N) is 1. The van der Waals surface area contributed by atoms with Crippen LogP contribution in [-0.2, 0) is 4.79 Å². The van der Waals surface area contributed by atoms with Gasteiger partial charge in [-0.2, -0.15) is 0 Å². The fourth-order valence-electron chi connectivity index (χ4n) is 2.43. The first kappa shape index (κ1) is 11.5. The lowest BCUT2D eigenvalue weighted by Gasteiger charge is -2.12. The Bertz CT molecular complexity index is 716. The number of H-pyrrole nitrogens is 1. The molecule has 3 nitrogen and oxygen atoms in total. The molecule has 0 spiro atoms. The second-order valence-corrected chi connectivity index (χ2v) is 4.47. The van der Waals surface area contributed by atoms with Crippen molar-refractivity contribution in [1.82, 2.24) is 4.98 Å². The van der Waals surface area contributed by atoms with E-state index < -0.39 is 11.9 Å². The zero-order chi connectivity index (χ0) is 13.2. The van der Waals surface area contributed by atoms with Crippen LogP contribution in [0.15, 0.2) is 60.8 Å². The highest BCUT2D eigenvalue weighted by Gasteiger charge is 2.24. The van der Waals surface area contributed by atoms with Crippen molar-refractivity contribution >= 4 is 16.9 Å². The first-order chi connectivity index (χ1) is 9.27. The van der Waals surface area contributed by atoms with Crippen molar-refractivity contribution < 1.29 is 9.90 Å². The van der Waals surface area contributed by atoms with Gasteiger partial charge in [-0.25, -0.2) is 0 Å². The van der Waals surface area contributed by atoms with E-state index in [-0.39, 0.29) is 0 Å². The molecule has 19 heavy (non-hydrogen) atoms. The summed E-state index contributed by atoms with van der Waals surface area (Å²) < 4.78 is 0. The monoisotopic (exact) mass is 251 g/mol. The van der Waals surface area contributed by atoms with Crippen LogP contribution in [-0.4, -0.2) is 16.1 Å². The molecule has 0 amide bonds. The summed E-state index contributed by atoms with van der Waals surface area (Å²) in [5.41, 5.74) is 2.55. The molecule has 94 valence electrons. The summed E-state index contributed by atoms with van der Waals surface area (Å²) in [6.07, 6.45) is 1.79. The number of fused-ring (bicyclic) bond motifs is 1. The highest BCUT2D eigenvalue weighted by atomic mass is 16.4. The second-order valence-electron chi connectivity index (χ2n) is 4.47. The number of aliphatic carboxylic acids is 1. The van der Waals surface area contributed by atoms with Gasteiger partial charge in [0, 0.05) is 17.1 Å². The van der Waals surface area contributed by atoms with Crippen LogP contribution in [0.2, 0.25) is 0 Å². The molecule has 3 rings (SSSR count). The maximum atomic E-state index is 11.6. The first-order valence-electron chi connectivity index (χ1n) is 6.11. The van der Waals surface area contributed by atoms with Crippen molar-refractivity contribution in [2.24, 2.45) is 0 Å². The number of rotatable bonds is 3. The minimum absolute atomic E-state index is 0.641. The zero-order valence-corrected chi connectivity index (χ0v) is 10.2. The number of aromatic nitrogens is 1. The third kappa shape index (κ3) is 1.99. The highest BCUT2D eigenvalue weighted by Crippen LogP contribution is 2.30. The molecule has 1 aromatic heterocycles. The van der Waals surface area contributed by atoms with Crippen molar-refractivity contribution in [3.8, 4) is 0 Å². The molecule has 2 N–H and O–H groups in total. The molecule has 0 aliphatic carbocycles. The molecule has 0 saturated heterocycles. The summed E-state index contributed by atoms with van der Waals surface area (Å²) in [5, 5.41) is 10.5. The van der Waals surface area contributed by atoms with Crippen LogP contribution < -0.4 is 0 Å². The molecular formula is C16H13NO2.